The van der Waals surface area contributed by atoms with Crippen molar-refractivity contribution >= 4 is 5.69 Å². The second-order valence-corrected chi connectivity index (χ2v) is 4.03. The Labute approximate surface area is 99.5 Å². The number of aliphatic hydroxyl groups is 1. The van der Waals surface area contributed by atoms with Gasteiger partial charge in [0, 0.05) is 11.3 Å². The predicted octanol–water partition coefficient (Wildman–Crippen LogP) is 2.80. The van der Waals surface area contributed by atoms with Crippen LogP contribution in [0.1, 0.15) is 22.8 Å². The molecule has 0 saturated heterocycles. The van der Waals surface area contributed by atoms with Gasteiger partial charge in [-0.25, -0.2) is 4.39 Å². The fourth-order valence-corrected chi connectivity index (χ4v) is 1.83. The summed E-state index contributed by atoms with van der Waals surface area (Å²) in [6.07, 6.45) is -0.896. The van der Waals surface area contributed by atoms with E-state index in [2.05, 4.69) is 0 Å². The molecule has 0 bridgehead atoms. The van der Waals surface area contributed by atoms with Crippen LogP contribution >= 0.6 is 0 Å². The second kappa shape index (κ2) is 4.55. The highest BCUT2D eigenvalue weighted by molar-refractivity contribution is 5.51. The maximum Gasteiger partial charge on any atom is 0.123 e. The van der Waals surface area contributed by atoms with Crippen molar-refractivity contribution in [2.75, 3.05) is 5.73 Å². The summed E-state index contributed by atoms with van der Waals surface area (Å²) < 4.78 is 13.2. The summed E-state index contributed by atoms with van der Waals surface area (Å²) in [6.45, 7) is 1.83. The molecule has 3 heteroatoms. The molecular formula is C14H14FNO. The quantitative estimate of drug-likeness (QED) is 0.781. The maximum absolute atomic E-state index is 13.2. The van der Waals surface area contributed by atoms with Gasteiger partial charge in [-0.15, -0.1) is 0 Å². The van der Waals surface area contributed by atoms with Crippen LogP contribution in [0.15, 0.2) is 42.5 Å². The zero-order chi connectivity index (χ0) is 12.4. The Balaban J connectivity index is 2.47. The van der Waals surface area contributed by atoms with E-state index in [1.165, 1.54) is 12.1 Å². The Morgan fingerprint density at radius 3 is 2.53 bits per heavy atom. The lowest BCUT2D eigenvalue weighted by Crippen LogP contribution is -2.05. The third-order valence-corrected chi connectivity index (χ3v) is 2.83. The number of nitrogen functional groups attached to an aromatic ring is 1. The summed E-state index contributed by atoms with van der Waals surface area (Å²) in [5.74, 6) is -0.362. The van der Waals surface area contributed by atoms with E-state index in [1.54, 1.807) is 30.3 Å². The van der Waals surface area contributed by atoms with Crippen molar-refractivity contribution in [1.29, 1.82) is 0 Å². The summed E-state index contributed by atoms with van der Waals surface area (Å²) in [6, 6.07) is 11.4. The standard InChI is InChI=1S/C14H14FNO/c1-9-6-7-10(15)8-12(9)14(17)11-4-2-3-5-13(11)16/h2-8,14,17H,16H2,1H3. The molecule has 0 aliphatic carbocycles. The van der Waals surface area contributed by atoms with Crippen molar-refractivity contribution < 1.29 is 9.50 Å². The van der Waals surface area contributed by atoms with Crippen LogP contribution in [0.5, 0.6) is 0 Å². The lowest BCUT2D eigenvalue weighted by Gasteiger charge is -2.16. The van der Waals surface area contributed by atoms with Gasteiger partial charge in [-0.05, 0) is 36.2 Å². The molecule has 0 aliphatic heterocycles. The fourth-order valence-electron chi connectivity index (χ4n) is 1.83. The Bertz CT molecular complexity index is 539. The third-order valence-electron chi connectivity index (χ3n) is 2.83. The molecule has 2 rings (SSSR count). The zero-order valence-corrected chi connectivity index (χ0v) is 9.52. The summed E-state index contributed by atoms with van der Waals surface area (Å²) in [4.78, 5) is 0. The number of para-hydroxylation sites is 1. The topological polar surface area (TPSA) is 46.2 Å². The first-order valence-corrected chi connectivity index (χ1v) is 5.38. The molecule has 3 N–H and O–H groups in total. The minimum absolute atomic E-state index is 0.362. The molecular weight excluding hydrogens is 217 g/mol. The molecule has 0 aliphatic rings. The van der Waals surface area contributed by atoms with Crippen molar-refractivity contribution in [2.45, 2.75) is 13.0 Å². The lowest BCUT2D eigenvalue weighted by molar-refractivity contribution is 0.220. The highest BCUT2D eigenvalue weighted by atomic mass is 19.1. The molecule has 2 aromatic carbocycles. The lowest BCUT2D eigenvalue weighted by atomic mass is 9.96. The monoisotopic (exact) mass is 231 g/mol. The van der Waals surface area contributed by atoms with Crippen molar-refractivity contribution in [3.8, 4) is 0 Å². The number of halogens is 1. The van der Waals surface area contributed by atoms with E-state index < -0.39 is 6.10 Å². The minimum atomic E-state index is -0.896. The Hall–Kier alpha value is -1.87. The van der Waals surface area contributed by atoms with Crippen molar-refractivity contribution in [2.24, 2.45) is 0 Å². The van der Waals surface area contributed by atoms with Crippen LogP contribution in [0, 0.1) is 12.7 Å². The van der Waals surface area contributed by atoms with Gasteiger partial charge in [0.2, 0.25) is 0 Å². The van der Waals surface area contributed by atoms with E-state index in [0.29, 0.717) is 16.8 Å². The molecule has 0 aromatic heterocycles. The predicted molar refractivity (Wildman–Crippen MR) is 66.1 cm³/mol. The number of aliphatic hydroxyl groups excluding tert-OH is 1. The van der Waals surface area contributed by atoms with E-state index >= 15 is 0 Å². The Kier molecular flexibility index (Phi) is 3.11. The molecule has 17 heavy (non-hydrogen) atoms. The first-order chi connectivity index (χ1) is 8.09. The molecule has 1 atom stereocenters. The fraction of sp³-hybridized carbons (Fsp3) is 0.143. The van der Waals surface area contributed by atoms with Gasteiger partial charge in [-0.1, -0.05) is 24.3 Å². The molecule has 0 radical (unpaired) electrons. The Morgan fingerprint density at radius 2 is 1.82 bits per heavy atom. The van der Waals surface area contributed by atoms with Gasteiger partial charge >= 0.3 is 0 Å². The van der Waals surface area contributed by atoms with Crippen LogP contribution in [-0.4, -0.2) is 5.11 Å². The van der Waals surface area contributed by atoms with Gasteiger partial charge in [0.1, 0.15) is 11.9 Å². The van der Waals surface area contributed by atoms with Crippen LogP contribution in [-0.2, 0) is 0 Å². The normalized spacial score (nSPS) is 12.4. The molecule has 0 fully saturated rings. The van der Waals surface area contributed by atoms with Gasteiger partial charge in [0.25, 0.3) is 0 Å². The SMILES string of the molecule is Cc1ccc(F)cc1C(O)c1ccccc1N. The molecule has 0 spiro atoms. The number of aryl methyl sites for hydroxylation is 1. The smallest absolute Gasteiger partial charge is 0.123 e. The van der Waals surface area contributed by atoms with Crippen LogP contribution in [0.2, 0.25) is 0 Å². The van der Waals surface area contributed by atoms with Crippen LogP contribution in [0.4, 0.5) is 10.1 Å². The molecule has 1 unspecified atom stereocenters. The van der Waals surface area contributed by atoms with E-state index in [4.69, 9.17) is 5.73 Å². The highest BCUT2D eigenvalue weighted by Crippen LogP contribution is 2.28. The van der Waals surface area contributed by atoms with E-state index in [-0.39, 0.29) is 5.82 Å². The molecule has 0 heterocycles. The Morgan fingerprint density at radius 1 is 1.12 bits per heavy atom. The van der Waals surface area contributed by atoms with E-state index in [1.807, 2.05) is 6.92 Å². The zero-order valence-electron chi connectivity index (χ0n) is 9.52. The van der Waals surface area contributed by atoms with Crippen LogP contribution in [0.25, 0.3) is 0 Å². The maximum atomic E-state index is 13.2. The van der Waals surface area contributed by atoms with E-state index in [9.17, 15) is 9.50 Å². The second-order valence-electron chi connectivity index (χ2n) is 4.03. The summed E-state index contributed by atoms with van der Waals surface area (Å²) in [7, 11) is 0. The summed E-state index contributed by atoms with van der Waals surface area (Å²) >= 11 is 0. The first-order valence-electron chi connectivity index (χ1n) is 5.38. The summed E-state index contributed by atoms with van der Waals surface area (Å²) in [5.41, 5.74) is 8.27. The molecule has 2 nitrogen and oxygen atoms in total. The van der Waals surface area contributed by atoms with Gasteiger partial charge in [-0.3, -0.25) is 0 Å². The number of rotatable bonds is 2. The van der Waals surface area contributed by atoms with Gasteiger partial charge in [0.05, 0.1) is 0 Å². The number of nitrogens with two attached hydrogens (primary N) is 1. The first kappa shape index (κ1) is 11.6. The summed E-state index contributed by atoms with van der Waals surface area (Å²) in [5, 5.41) is 10.2. The van der Waals surface area contributed by atoms with Crippen molar-refractivity contribution in [3.05, 3.63) is 65.0 Å². The third kappa shape index (κ3) is 2.29. The molecule has 0 amide bonds. The number of hydrogen-bond acceptors (Lipinski definition) is 2. The van der Waals surface area contributed by atoms with Gasteiger partial charge in [-0.2, -0.15) is 0 Å². The van der Waals surface area contributed by atoms with Gasteiger partial charge in [0.15, 0.2) is 0 Å². The molecule has 88 valence electrons. The van der Waals surface area contributed by atoms with Crippen LogP contribution < -0.4 is 5.73 Å². The average molecular weight is 231 g/mol. The van der Waals surface area contributed by atoms with Crippen molar-refractivity contribution in [3.63, 3.8) is 0 Å². The largest absolute Gasteiger partial charge is 0.398 e. The highest BCUT2D eigenvalue weighted by Gasteiger charge is 2.15. The number of hydrogen-bond donors (Lipinski definition) is 2. The number of anilines is 1. The van der Waals surface area contributed by atoms with Crippen molar-refractivity contribution in [1.82, 2.24) is 0 Å². The van der Waals surface area contributed by atoms with Crippen LogP contribution in [0.3, 0.4) is 0 Å². The number of benzene rings is 2. The molecule has 0 saturated carbocycles. The van der Waals surface area contributed by atoms with Gasteiger partial charge < -0.3 is 10.8 Å². The van der Waals surface area contributed by atoms with E-state index in [0.717, 1.165) is 5.56 Å². The average Bonchev–Trinajstić information content (AvgIpc) is 2.32. The molecule has 2 aromatic rings. The minimum Gasteiger partial charge on any atom is -0.398 e.